The van der Waals surface area contributed by atoms with Crippen molar-refractivity contribution < 1.29 is 13.2 Å². The monoisotopic (exact) mass is 446 g/mol. The number of aliphatic imine (C=N–C) groups is 1. The highest BCUT2D eigenvalue weighted by Gasteiger charge is 2.28. The smallest absolute Gasteiger partial charge is 0.222 e. The summed E-state index contributed by atoms with van der Waals surface area (Å²) in [5, 5.41) is 9.89. The summed E-state index contributed by atoms with van der Waals surface area (Å²) in [7, 11) is -2.99. The zero-order valence-corrected chi connectivity index (χ0v) is 18.3. The van der Waals surface area contributed by atoms with Crippen LogP contribution in [0.3, 0.4) is 0 Å². The number of carbonyl (C=O) groups is 1. The molecule has 1 atom stereocenters. The van der Waals surface area contributed by atoms with Crippen LogP contribution in [-0.4, -0.2) is 63.2 Å². The number of hydrogen-bond donors (Lipinski definition) is 3. The number of rotatable bonds is 9. The average molecular weight is 447 g/mol. The molecular formula is C18H27ClN4O3S2. The fraction of sp³-hybridized carbons (Fsp3) is 0.556. The van der Waals surface area contributed by atoms with Crippen LogP contribution in [0.4, 0.5) is 0 Å². The molecule has 0 saturated carbocycles. The molecule has 1 amide bonds. The molecule has 0 aliphatic carbocycles. The van der Waals surface area contributed by atoms with Gasteiger partial charge in [-0.1, -0.05) is 11.6 Å². The minimum Gasteiger partial charge on any atom is -0.357 e. The van der Waals surface area contributed by atoms with Crippen molar-refractivity contribution in [3.63, 3.8) is 0 Å². The van der Waals surface area contributed by atoms with Gasteiger partial charge < -0.3 is 16.0 Å². The molecule has 1 saturated heterocycles. The molecule has 1 aliphatic heterocycles. The number of thioether (sulfide) groups is 1. The lowest BCUT2D eigenvalue weighted by atomic mass is 10.2. The summed E-state index contributed by atoms with van der Waals surface area (Å²) in [4.78, 5) is 17.5. The van der Waals surface area contributed by atoms with Gasteiger partial charge in [0, 0.05) is 41.2 Å². The Balaban J connectivity index is 1.67. The summed E-state index contributed by atoms with van der Waals surface area (Å²) in [5.74, 6) is 1.55. The number of sulfone groups is 1. The van der Waals surface area contributed by atoms with Crippen LogP contribution in [0.1, 0.15) is 19.8 Å². The molecule has 10 heteroatoms. The third-order valence-corrected chi connectivity index (χ3v) is 7.06. The van der Waals surface area contributed by atoms with Crippen LogP contribution in [0, 0.1) is 0 Å². The molecule has 0 spiro atoms. The third kappa shape index (κ3) is 8.70. The molecule has 0 radical (unpaired) electrons. The van der Waals surface area contributed by atoms with Gasteiger partial charge in [0.15, 0.2) is 15.8 Å². The Hall–Kier alpha value is -1.45. The van der Waals surface area contributed by atoms with Crippen molar-refractivity contribution in [3.05, 3.63) is 29.3 Å². The first kappa shape index (κ1) is 22.8. The Kier molecular flexibility index (Phi) is 9.40. The van der Waals surface area contributed by atoms with Crippen molar-refractivity contribution in [3.8, 4) is 0 Å². The van der Waals surface area contributed by atoms with Crippen LogP contribution in [-0.2, 0) is 14.6 Å². The predicted molar refractivity (Wildman–Crippen MR) is 116 cm³/mol. The van der Waals surface area contributed by atoms with Gasteiger partial charge in [-0.3, -0.25) is 9.79 Å². The fourth-order valence-electron chi connectivity index (χ4n) is 2.69. The van der Waals surface area contributed by atoms with Crippen molar-refractivity contribution in [2.24, 2.45) is 4.99 Å². The first-order chi connectivity index (χ1) is 13.4. The maximum Gasteiger partial charge on any atom is 0.222 e. The van der Waals surface area contributed by atoms with E-state index in [0.717, 1.165) is 28.8 Å². The first-order valence-corrected chi connectivity index (χ1v) is 12.5. The van der Waals surface area contributed by atoms with Gasteiger partial charge in [0.1, 0.15) is 0 Å². The van der Waals surface area contributed by atoms with Gasteiger partial charge >= 0.3 is 0 Å². The molecule has 3 N–H and O–H groups in total. The van der Waals surface area contributed by atoms with E-state index in [4.69, 9.17) is 11.6 Å². The van der Waals surface area contributed by atoms with Gasteiger partial charge in [0.25, 0.3) is 0 Å². The molecule has 1 heterocycles. The van der Waals surface area contributed by atoms with Gasteiger partial charge in [-0.2, -0.15) is 0 Å². The number of nitrogens with one attached hydrogen (secondary N) is 3. The van der Waals surface area contributed by atoms with Crippen molar-refractivity contribution in [1.29, 1.82) is 0 Å². The number of carbonyl (C=O) groups excluding carboxylic acids is 1. The lowest BCUT2D eigenvalue weighted by Gasteiger charge is -2.12. The topological polar surface area (TPSA) is 99.7 Å². The molecule has 28 heavy (non-hydrogen) atoms. The molecule has 156 valence electrons. The number of nitrogens with zero attached hydrogens (tertiary/aromatic N) is 1. The second kappa shape index (κ2) is 11.5. The maximum absolute atomic E-state index is 12.0. The Morgan fingerprint density at radius 2 is 2.04 bits per heavy atom. The van der Waals surface area contributed by atoms with Crippen LogP contribution in [0.15, 0.2) is 34.2 Å². The van der Waals surface area contributed by atoms with Crippen molar-refractivity contribution >= 4 is 45.1 Å². The summed E-state index contributed by atoms with van der Waals surface area (Å²) >= 11 is 7.60. The number of halogens is 1. The Morgan fingerprint density at radius 1 is 1.29 bits per heavy atom. The van der Waals surface area contributed by atoms with Gasteiger partial charge in [-0.05, 0) is 37.6 Å². The lowest BCUT2D eigenvalue weighted by molar-refractivity contribution is -0.121. The Bertz CT molecular complexity index is 770. The molecular weight excluding hydrogens is 420 g/mol. The van der Waals surface area contributed by atoms with E-state index in [1.54, 1.807) is 11.8 Å². The summed E-state index contributed by atoms with van der Waals surface area (Å²) in [6, 6.07) is 7.45. The number of guanidine groups is 1. The number of amides is 1. The molecule has 0 bridgehead atoms. The summed E-state index contributed by atoms with van der Waals surface area (Å²) in [6.07, 6.45) is 0.722. The lowest BCUT2D eigenvalue weighted by Crippen LogP contribution is -2.39. The van der Waals surface area contributed by atoms with Crippen LogP contribution in [0.25, 0.3) is 0 Å². The van der Waals surface area contributed by atoms with Crippen LogP contribution < -0.4 is 16.0 Å². The first-order valence-electron chi connectivity index (χ1n) is 9.28. The molecule has 0 aromatic heterocycles. The molecule has 2 rings (SSSR count). The minimum absolute atomic E-state index is 0.0392. The number of hydrogen-bond acceptors (Lipinski definition) is 5. The molecule has 1 aromatic rings. The van der Waals surface area contributed by atoms with Crippen molar-refractivity contribution in [1.82, 2.24) is 16.0 Å². The summed E-state index contributed by atoms with van der Waals surface area (Å²) in [5.41, 5.74) is 0. The largest absolute Gasteiger partial charge is 0.357 e. The molecule has 1 unspecified atom stereocenters. The van der Waals surface area contributed by atoms with Crippen LogP contribution in [0.2, 0.25) is 5.02 Å². The van der Waals surface area contributed by atoms with Crippen LogP contribution >= 0.6 is 23.4 Å². The summed E-state index contributed by atoms with van der Waals surface area (Å²) in [6.45, 7) is 3.77. The van der Waals surface area contributed by atoms with E-state index in [1.165, 1.54) is 0 Å². The molecule has 1 fully saturated rings. The van der Waals surface area contributed by atoms with Gasteiger partial charge in [0.05, 0.1) is 18.1 Å². The second-order valence-corrected chi connectivity index (χ2v) is 10.2. The second-order valence-electron chi connectivity index (χ2n) is 6.41. The van der Waals surface area contributed by atoms with Gasteiger partial charge in [-0.15, -0.1) is 11.8 Å². The SMILES string of the molecule is CCNC(=NCCC(=O)NC1CCS(=O)(=O)C1)NCCSc1ccc(Cl)cc1. The van der Waals surface area contributed by atoms with E-state index in [9.17, 15) is 13.2 Å². The van der Waals surface area contributed by atoms with Crippen molar-refractivity contribution in [2.45, 2.75) is 30.7 Å². The number of benzene rings is 1. The summed E-state index contributed by atoms with van der Waals surface area (Å²) < 4.78 is 22.9. The molecule has 7 nitrogen and oxygen atoms in total. The maximum atomic E-state index is 12.0. The van der Waals surface area contributed by atoms with E-state index in [1.807, 2.05) is 31.2 Å². The quantitative estimate of drug-likeness (QED) is 0.231. The van der Waals surface area contributed by atoms with E-state index in [-0.39, 0.29) is 29.9 Å². The van der Waals surface area contributed by atoms with Crippen LogP contribution in [0.5, 0.6) is 0 Å². The standard InChI is InChI=1S/C18H27ClN4O3S2/c1-2-20-18(22-10-11-27-16-5-3-14(19)4-6-16)21-9-7-17(24)23-15-8-12-28(25,26)13-15/h3-6,15H,2,7-13H2,1H3,(H,23,24)(H2,20,21,22). The predicted octanol–water partition coefficient (Wildman–Crippen LogP) is 1.68. The normalized spacial score (nSPS) is 18.6. The molecule has 1 aromatic carbocycles. The van der Waals surface area contributed by atoms with E-state index in [0.29, 0.717) is 18.9 Å². The average Bonchev–Trinajstić information content (AvgIpc) is 2.98. The van der Waals surface area contributed by atoms with E-state index in [2.05, 4.69) is 20.9 Å². The van der Waals surface area contributed by atoms with E-state index < -0.39 is 9.84 Å². The fourth-order valence-corrected chi connectivity index (χ4v) is 5.26. The third-order valence-electron chi connectivity index (χ3n) is 4.03. The highest BCUT2D eigenvalue weighted by molar-refractivity contribution is 7.99. The molecule has 1 aliphatic rings. The zero-order valence-electron chi connectivity index (χ0n) is 15.9. The van der Waals surface area contributed by atoms with Crippen molar-refractivity contribution in [2.75, 3.05) is 36.9 Å². The zero-order chi connectivity index (χ0) is 20.4. The highest BCUT2D eigenvalue weighted by Crippen LogP contribution is 2.19. The minimum atomic E-state index is -2.99. The van der Waals surface area contributed by atoms with Gasteiger partial charge in [0.2, 0.25) is 5.91 Å². The Morgan fingerprint density at radius 3 is 2.68 bits per heavy atom. The Labute approximate surface area is 176 Å². The highest BCUT2D eigenvalue weighted by atomic mass is 35.5. The van der Waals surface area contributed by atoms with E-state index >= 15 is 0 Å². The van der Waals surface area contributed by atoms with Gasteiger partial charge in [-0.25, -0.2) is 8.42 Å².